The van der Waals surface area contributed by atoms with Crippen molar-refractivity contribution in [3.8, 4) is 0 Å². The topological polar surface area (TPSA) is 32.3 Å². The average Bonchev–Trinajstić information content (AvgIpc) is 2.81. The van der Waals surface area contributed by atoms with E-state index in [1.54, 1.807) is 0 Å². The summed E-state index contributed by atoms with van der Waals surface area (Å²) in [5.41, 5.74) is 0. The number of likely N-dealkylation sites (tertiary alicyclic amines) is 1. The number of carbonyl (C=O) groups is 1. The lowest BCUT2D eigenvalue weighted by molar-refractivity contribution is -0.136. The van der Waals surface area contributed by atoms with Gasteiger partial charge in [-0.25, -0.2) is 0 Å². The van der Waals surface area contributed by atoms with Crippen LogP contribution in [0.3, 0.4) is 0 Å². The maximum atomic E-state index is 12.4. The van der Waals surface area contributed by atoms with Crippen molar-refractivity contribution in [1.82, 2.24) is 10.2 Å². The Morgan fingerprint density at radius 2 is 2.16 bits per heavy atom. The van der Waals surface area contributed by atoms with E-state index in [1.807, 2.05) is 16.2 Å². The highest BCUT2D eigenvalue weighted by Crippen LogP contribution is 2.21. The van der Waals surface area contributed by atoms with Crippen molar-refractivity contribution in [3.63, 3.8) is 0 Å². The van der Waals surface area contributed by atoms with E-state index < -0.39 is 0 Å². The van der Waals surface area contributed by atoms with E-state index in [0.29, 0.717) is 6.04 Å². The summed E-state index contributed by atoms with van der Waals surface area (Å²) in [6.45, 7) is 8.04. The second kappa shape index (κ2) is 6.53. The van der Waals surface area contributed by atoms with Crippen LogP contribution in [0.25, 0.3) is 0 Å². The zero-order valence-electron chi connectivity index (χ0n) is 12.1. The number of nitrogens with zero attached hydrogens (tertiary/aromatic N) is 1. The SMILES string of the molecule is CCc1ccc(CN2CCCC(NC(C)C)C2=O)s1. The lowest BCUT2D eigenvalue weighted by Crippen LogP contribution is -2.51. The van der Waals surface area contributed by atoms with Crippen LogP contribution in [0.4, 0.5) is 0 Å². The summed E-state index contributed by atoms with van der Waals surface area (Å²) in [5.74, 6) is 0.270. The number of hydrogen-bond acceptors (Lipinski definition) is 3. The standard InChI is InChI=1S/C15H24N2OS/c1-4-12-7-8-13(19-12)10-17-9-5-6-14(15(17)18)16-11(2)3/h7-8,11,14,16H,4-6,9-10H2,1-3H3. The number of amides is 1. The molecule has 1 aliphatic rings. The van der Waals surface area contributed by atoms with E-state index in [2.05, 4.69) is 38.2 Å². The molecule has 1 amide bonds. The molecule has 1 aliphatic heterocycles. The maximum absolute atomic E-state index is 12.4. The molecule has 1 unspecified atom stereocenters. The molecule has 1 fully saturated rings. The molecule has 0 bridgehead atoms. The molecule has 2 heterocycles. The molecule has 0 spiro atoms. The van der Waals surface area contributed by atoms with E-state index in [1.165, 1.54) is 9.75 Å². The van der Waals surface area contributed by atoms with Crippen molar-refractivity contribution in [1.29, 1.82) is 0 Å². The molecule has 0 aromatic carbocycles. The van der Waals surface area contributed by atoms with Gasteiger partial charge in [-0.3, -0.25) is 4.79 Å². The zero-order chi connectivity index (χ0) is 13.8. The van der Waals surface area contributed by atoms with E-state index in [4.69, 9.17) is 0 Å². The fourth-order valence-electron chi connectivity index (χ4n) is 2.54. The van der Waals surface area contributed by atoms with Gasteiger partial charge in [-0.05, 0) is 31.4 Å². The van der Waals surface area contributed by atoms with Gasteiger partial charge in [0.2, 0.25) is 5.91 Å². The van der Waals surface area contributed by atoms with Crippen molar-refractivity contribution < 1.29 is 4.79 Å². The quantitative estimate of drug-likeness (QED) is 0.899. The van der Waals surface area contributed by atoms with Gasteiger partial charge in [-0.15, -0.1) is 11.3 Å². The minimum absolute atomic E-state index is 0.0133. The highest BCUT2D eigenvalue weighted by molar-refractivity contribution is 7.11. The molecule has 1 saturated heterocycles. The molecular weight excluding hydrogens is 256 g/mol. The summed E-state index contributed by atoms with van der Waals surface area (Å²) in [6.07, 6.45) is 3.15. The second-order valence-electron chi connectivity index (χ2n) is 5.50. The summed E-state index contributed by atoms with van der Waals surface area (Å²) >= 11 is 1.83. The number of aryl methyl sites for hydroxylation is 1. The van der Waals surface area contributed by atoms with Crippen molar-refractivity contribution in [3.05, 3.63) is 21.9 Å². The fourth-order valence-corrected chi connectivity index (χ4v) is 3.51. The first kappa shape index (κ1) is 14.5. The van der Waals surface area contributed by atoms with Crippen LogP contribution in [0.2, 0.25) is 0 Å². The summed E-state index contributed by atoms with van der Waals surface area (Å²) in [5, 5.41) is 3.38. The summed E-state index contributed by atoms with van der Waals surface area (Å²) in [6, 6.07) is 4.72. The van der Waals surface area contributed by atoms with E-state index in [9.17, 15) is 4.79 Å². The minimum atomic E-state index is 0.0133. The minimum Gasteiger partial charge on any atom is -0.336 e. The Morgan fingerprint density at radius 1 is 1.42 bits per heavy atom. The maximum Gasteiger partial charge on any atom is 0.240 e. The van der Waals surface area contributed by atoms with Crippen molar-refractivity contribution in [2.24, 2.45) is 0 Å². The lowest BCUT2D eigenvalue weighted by Gasteiger charge is -2.33. The summed E-state index contributed by atoms with van der Waals surface area (Å²) in [7, 11) is 0. The van der Waals surface area contributed by atoms with Gasteiger partial charge in [0.25, 0.3) is 0 Å². The number of nitrogens with one attached hydrogen (secondary N) is 1. The highest BCUT2D eigenvalue weighted by Gasteiger charge is 2.28. The number of piperidine rings is 1. The van der Waals surface area contributed by atoms with Crippen LogP contribution in [-0.4, -0.2) is 29.4 Å². The van der Waals surface area contributed by atoms with Gasteiger partial charge in [0, 0.05) is 22.3 Å². The predicted octanol–water partition coefficient (Wildman–Crippen LogP) is 2.80. The van der Waals surface area contributed by atoms with Crippen molar-refractivity contribution >= 4 is 17.2 Å². The van der Waals surface area contributed by atoms with E-state index in [-0.39, 0.29) is 11.9 Å². The van der Waals surface area contributed by atoms with Crippen LogP contribution in [0.5, 0.6) is 0 Å². The van der Waals surface area contributed by atoms with Crippen LogP contribution in [0, 0.1) is 0 Å². The normalized spacial score (nSPS) is 20.3. The molecule has 3 nitrogen and oxygen atoms in total. The largest absolute Gasteiger partial charge is 0.336 e. The Hall–Kier alpha value is -0.870. The molecule has 4 heteroatoms. The number of rotatable bonds is 5. The third-order valence-electron chi connectivity index (χ3n) is 3.48. The molecule has 106 valence electrons. The molecule has 2 rings (SSSR count). The zero-order valence-corrected chi connectivity index (χ0v) is 12.9. The molecule has 0 saturated carbocycles. The predicted molar refractivity (Wildman–Crippen MR) is 80.4 cm³/mol. The van der Waals surface area contributed by atoms with Gasteiger partial charge in [0.1, 0.15) is 0 Å². The van der Waals surface area contributed by atoms with Gasteiger partial charge in [-0.2, -0.15) is 0 Å². The van der Waals surface area contributed by atoms with Crippen LogP contribution in [0.15, 0.2) is 12.1 Å². The number of thiophene rings is 1. The lowest BCUT2D eigenvalue weighted by atomic mass is 10.0. The Morgan fingerprint density at radius 3 is 2.79 bits per heavy atom. The molecule has 1 N–H and O–H groups in total. The summed E-state index contributed by atoms with van der Waals surface area (Å²) < 4.78 is 0. The first-order chi connectivity index (χ1) is 9.10. The van der Waals surface area contributed by atoms with Crippen LogP contribution >= 0.6 is 11.3 Å². The average molecular weight is 280 g/mol. The second-order valence-corrected chi connectivity index (χ2v) is 6.75. The van der Waals surface area contributed by atoms with Gasteiger partial charge in [0.05, 0.1) is 12.6 Å². The molecule has 1 aromatic heterocycles. The molecule has 1 atom stereocenters. The third-order valence-corrected chi connectivity index (χ3v) is 4.69. The highest BCUT2D eigenvalue weighted by atomic mass is 32.1. The first-order valence-electron chi connectivity index (χ1n) is 7.22. The Bertz CT molecular complexity index is 428. The van der Waals surface area contributed by atoms with E-state index >= 15 is 0 Å². The first-order valence-corrected chi connectivity index (χ1v) is 8.04. The van der Waals surface area contributed by atoms with Crippen LogP contribution in [-0.2, 0) is 17.8 Å². The van der Waals surface area contributed by atoms with Crippen LogP contribution in [0.1, 0.15) is 43.4 Å². The van der Waals surface area contributed by atoms with Gasteiger partial charge in [-0.1, -0.05) is 20.8 Å². The Balaban J connectivity index is 1.97. The fraction of sp³-hybridized carbons (Fsp3) is 0.667. The molecular formula is C15H24N2OS. The monoisotopic (exact) mass is 280 g/mol. The van der Waals surface area contributed by atoms with Gasteiger partial charge >= 0.3 is 0 Å². The molecule has 0 aliphatic carbocycles. The molecule has 19 heavy (non-hydrogen) atoms. The molecule has 1 aromatic rings. The van der Waals surface area contributed by atoms with E-state index in [0.717, 1.165) is 32.4 Å². The van der Waals surface area contributed by atoms with Crippen molar-refractivity contribution in [2.45, 2.75) is 58.7 Å². The smallest absolute Gasteiger partial charge is 0.240 e. The number of hydrogen-bond donors (Lipinski definition) is 1. The Labute approximate surface area is 120 Å². The Kier molecular flexibility index (Phi) is 4.99. The number of carbonyl (C=O) groups excluding carboxylic acids is 1. The molecule has 0 radical (unpaired) electrons. The van der Waals surface area contributed by atoms with Crippen LogP contribution < -0.4 is 5.32 Å². The van der Waals surface area contributed by atoms with Gasteiger partial charge in [0.15, 0.2) is 0 Å². The van der Waals surface area contributed by atoms with Gasteiger partial charge < -0.3 is 10.2 Å². The summed E-state index contributed by atoms with van der Waals surface area (Å²) in [4.78, 5) is 17.1. The van der Waals surface area contributed by atoms with Crippen molar-refractivity contribution in [2.75, 3.05) is 6.54 Å². The third kappa shape index (κ3) is 3.80.